The predicted octanol–water partition coefficient (Wildman–Crippen LogP) is 2.96. The first-order chi connectivity index (χ1) is 18.0. The molecule has 1 aromatic heterocycles. The number of piperazine rings is 1. The van der Waals surface area contributed by atoms with Crippen LogP contribution in [0.25, 0.3) is 5.69 Å². The van der Waals surface area contributed by atoms with E-state index in [0.29, 0.717) is 54.0 Å². The molecule has 10 heteroatoms. The number of benzene rings is 2. The third kappa shape index (κ3) is 4.88. The Morgan fingerprint density at radius 2 is 1.81 bits per heavy atom. The van der Waals surface area contributed by atoms with Crippen LogP contribution in [-0.4, -0.2) is 71.2 Å². The van der Waals surface area contributed by atoms with Crippen molar-refractivity contribution in [2.45, 2.75) is 12.5 Å². The van der Waals surface area contributed by atoms with Crippen LogP contribution in [0.4, 0.5) is 5.69 Å². The third-order valence-electron chi connectivity index (χ3n) is 6.78. The van der Waals surface area contributed by atoms with E-state index in [1.165, 1.54) is 6.08 Å². The van der Waals surface area contributed by atoms with Crippen LogP contribution in [0.5, 0.6) is 17.2 Å². The molecule has 0 radical (unpaired) electrons. The monoisotopic (exact) mass is 502 g/mol. The standard InChI is InChI=1S/C27H30N6O4/c1-3-23(34)32-15-13-31(14-16-32)22-11-12-29-25-24(22)30-33(26(25)27(28)35)18-7-9-19(10-8-18)37-21-6-4-5-20(17-21)36-2/h3-10,17,22,29H,1,11-16H2,2H3,(H2,28,35)/t22-/m1/s1. The molecule has 2 aromatic carbocycles. The van der Waals surface area contributed by atoms with Gasteiger partial charge in [-0.1, -0.05) is 12.6 Å². The van der Waals surface area contributed by atoms with Crippen molar-refractivity contribution in [3.63, 3.8) is 0 Å². The number of methoxy groups -OCH3 is 1. The fraction of sp³-hybridized carbons (Fsp3) is 0.296. The molecule has 2 amide bonds. The summed E-state index contributed by atoms with van der Waals surface area (Å²) < 4.78 is 12.8. The average molecular weight is 503 g/mol. The quantitative estimate of drug-likeness (QED) is 0.478. The molecule has 37 heavy (non-hydrogen) atoms. The lowest BCUT2D eigenvalue weighted by molar-refractivity contribution is -0.128. The van der Waals surface area contributed by atoms with Gasteiger partial charge in [0.05, 0.1) is 24.5 Å². The summed E-state index contributed by atoms with van der Waals surface area (Å²) in [7, 11) is 1.61. The molecule has 0 bridgehead atoms. The number of hydrogen-bond donors (Lipinski definition) is 2. The first-order valence-corrected chi connectivity index (χ1v) is 12.2. The Morgan fingerprint density at radius 1 is 1.08 bits per heavy atom. The molecule has 0 spiro atoms. The normalized spacial score (nSPS) is 17.4. The number of anilines is 1. The second kappa shape index (κ2) is 10.4. The third-order valence-corrected chi connectivity index (χ3v) is 6.78. The van der Waals surface area contributed by atoms with E-state index in [-0.39, 0.29) is 11.9 Å². The van der Waals surface area contributed by atoms with E-state index in [9.17, 15) is 9.59 Å². The summed E-state index contributed by atoms with van der Waals surface area (Å²) in [5, 5.41) is 8.20. The first kappa shape index (κ1) is 24.4. The molecule has 0 unspecified atom stereocenters. The number of ether oxygens (including phenoxy) is 2. The van der Waals surface area contributed by atoms with Crippen LogP contribution < -0.4 is 20.5 Å². The highest BCUT2D eigenvalue weighted by Gasteiger charge is 2.35. The van der Waals surface area contributed by atoms with E-state index < -0.39 is 5.91 Å². The van der Waals surface area contributed by atoms with Gasteiger partial charge in [-0.2, -0.15) is 5.10 Å². The number of hydrogen-bond acceptors (Lipinski definition) is 7. The lowest BCUT2D eigenvalue weighted by Crippen LogP contribution is -2.50. The lowest BCUT2D eigenvalue weighted by Gasteiger charge is -2.40. The summed E-state index contributed by atoms with van der Waals surface area (Å²) in [6.45, 7) is 6.98. The van der Waals surface area contributed by atoms with Crippen LogP contribution in [-0.2, 0) is 4.79 Å². The highest BCUT2D eigenvalue weighted by Crippen LogP contribution is 2.37. The number of fused-ring (bicyclic) bond motifs is 1. The van der Waals surface area contributed by atoms with Crippen LogP contribution in [0, 0.1) is 0 Å². The maximum absolute atomic E-state index is 12.5. The Bertz CT molecular complexity index is 1310. The van der Waals surface area contributed by atoms with E-state index >= 15 is 0 Å². The zero-order valence-corrected chi connectivity index (χ0v) is 20.7. The van der Waals surface area contributed by atoms with E-state index in [2.05, 4.69) is 16.8 Å². The van der Waals surface area contributed by atoms with Gasteiger partial charge in [0.25, 0.3) is 5.91 Å². The largest absolute Gasteiger partial charge is 0.497 e. The maximum atomic E-state index is 12.5. The van der Waals surface area contributed by atoms with Crippen molar-refractivity contribution in [2.24, 2.45) is 5.73 Å². The minimum absolute atomic E-state index is 0.0206. The summed E-state index contributed by atoms with van der Waals surface area (Å²) in [4.78, 5) is 28.6. The Labute approximate surface area is 215 Å². The number of aromatic nitrogens is 2. The van der Waals surface area contributed by atoms with E-state index in [4.69, 9.17) is 20.3 Å². The molecular formula is C27H30N6O4. The molecule has 2 aliphatic heterocycles. The number of nitrogens with zero attached hydrogens (tertiary/aromatic N) is 4. The summed E-state index contributed by atoms with van der Waals surface area (Å²) in [6, 6.07) is 14.7. The van der Waals surface area contributed by atoms with Gasteiger partial charge in [0.15, 0.2) is 5.69 Å². The summed E-state index contributed by atoms with van der Waals surface area (Å²) >= 11 is 0. The van der Waals surface area contributed by atoms with Crippen LogP contribution in [0.15, 0.2) is 61.2 Å². The van der Waals surface area contributed by atoms with Gasteiger partial charge in [0.1, 0.15) is 22.9 Å². The number of carbonyl (C=O) groups excluding carboxylic acids is 2. The SMILES string of the molecule is C=CC(=O)N1CCN([C@@H]2CCNc3c2nn(-c2ccc(Oc4cccc(OC)c4)cc2)c3C(N)=O)CC1. The zero-order chi connectivity index (χ0) is 25.9. The van der Waals surface area contributed by atoms with E-state index in [0.717, 1.165) is 25.2 Å². The van der Waals surface area contributed by atoms with Gasteiger partial charge < -0.3 is 25.4 Å². The highest BCUT2D eigenvalue weighted by molar-refractivity contribution is 5.98. The van der Waals surface area contributed by atoms with Crippen LogP contribution >= 0.6 is 0 Å². The van der Waals surface area contributed by atoms with Crippen LogP contribution in [0.2, 0.25) is 0 Å². The number of nitrogens with two attached hydrogens (primary N) is 1. The first-order valence-electron chi connectivity index (χ1n) is 12.2. The fourth-order valence-electron chi connectivity index (χ4n) is 4.92. The van der Waals surface area contributed by atoms with Gasteiger partial charge in [0, 0.05) is 38.8 Å². The van der Waals surface area contributed by atoms with Gasteiger partial charge >= 0.3 is 0 Å². The zero-order valence-electron chi connectivity index (χ0n) is 20.7. The molecular weight excluding hydrogens is 472 g/mol. The molecule has 1 fully saturated rings. The topological polar surface area (TPSA) is 115 Å². The van der Waals surface area contributed by atoms with Gasteiger partial charge in [-0.25, -0.2) is 4.68 Å². The molecule has 3 N–H and O–H groups in total. The van der Waals surface area contributed by atoms with Crippen molar-refractivity contribution >= 4 is 17.5 Å². The molecule has 1 atom stereocenters. The molecule has 1 saturated heterocycles. The number of amides is 2. The molecule has 192 valence electrons. The summed E-state index contributed by atoms with van der Waals surface area (Å²) in [5.41, 5.74) is 8.31. The van der Waals surface area contributed by atoms with Crippen molar-refractivity contribution < 1.29 is 19.1 Å². The van der Waals surface area contributed by atoms with Crippen molar-refractivity contribution in [3.8, 4) is 22.9 Å². The fourth-order valence-corrected chi connectivity index (χ4v) is 4.92. The average Bonchev–Trinajstić information content (AvgIpc) is 3.33. The molecule has 2 aliphatic rings. The minimum Gasteiger partial charge on any atom is -0.497 e. The number of nitrogens with one attached hydrogen (secondary N) is 1. The molecule has 0 aliphatic carbocycles. The predicted molar refractivity (Wildman–Crippen MR) is 139 cm³/mol. The highest BCUT2D eigenvalue weighted by atomic mass is 16.5. The number of primary amides is 1. The van der Waals surface area contributed by atoms with Gasteiger partial charge in [0.2, 0.25) is 5.91 Å². The van der Waals surface area contributed by atoms with Crippen molar-refractivity contribution in [1.29, 1.82) is 0 Å². The summed E-state index contributed by atoms with van der Waals surface area (Å²) in [6.07, 6.45) is 2.19. The van der Waals surface area contributed by atoms with Crippen LogP contribution in [0.3, 0.4) is 0 Å². The minimum atomic E-state index is -0.556. The molecule has 5 rings (SSSR count). The van der Waals surface area contributed by atoms with E-state index in [1.54, 1.807) is 22.8 Å². The Kier molecular flexibility index (Phi) is 6.82. The van der Waals surface area contributed by atoms with E-state index in [1.807, 2.05) is 42.5 Å². The molecule has 10 nitrogen and oxygen atoms in total. The van der Waals surface area contributed by atoms with Crippen molar-refractivity contribution in [2.75, 3.05) is 45.2 Å². The van der Waals surface area contributed by atoms with Crippen molar-refractivity contribution in [3.05, 3.63) is 72.6 Å². The molecule has 3 aromatic rings. The second-order valence-electron chi connectivity index (χ2n) is 8.96. The number of carbonyl (C=O) groups is 2. The molecule has 0 saturated carbocycles. The number of rotatable bonds is 7. The van der Waals surface area contributed by atoms with Gasteiger partial charge in [-0.05, 0) is 48.9 Å². The maximum Gasteiger partial charge on any atom is 0.269 e. The van der Waals surface area contributed by atoms with Gasteiger partial charge in [-0.3, -0.25) is 14.5 Å². The Hall–Kier alpha value is -4.31. The lowest BCUT2D eigenvalue weighted by atomic mass is 10.0. The molecule has 3 heterocycles. The second-order valence-corrected chi connectivity index (χ2v) is 8.96. The van der Waals surface area contributed by atoms with Crippen LogP contribution in [0.1, 0.15) is 28.6 Å². The Balaban J connectivity index is 1.40. The van der Waals surface area contributed by atoms with Crippen molar-refractivity contribution in [1.82, 2.24) is 19.6 Å². The van der Waals surface area contributed by atoms with Gasteiger partial charge in [-0.15, -0.1) is 0 Å². The smallest absolute Gasteiger partial charge is 0.269 e. The Morgan fingerprint density at radius 3 is 2.49 bits per heavy atom. The summed E-state index contributed by atoms with van der Waals surface area (Å²) in [5.74, 6) is 1.39.